The minimum atomic E-state index is 0.148. The second kappa shape index (κ2) is 8.14. The van der Waals surface area contributed by atoms with Crippen LogP contribution in [0.1, 0.15) is 37.9 Å². The van der Waals surface area contributed by atoms with Crippen LogP contribution in [0.4, 0.5) is 0 Å². The molecule has 2 rings (SSSR count). The molecule has 0 saturated heterocycles. The van der Waals surface area contributed by atoms with Crippen molar-refractivity contribution in [3.63, 3.8) is 0 Å². The monoisotopic (exact) mass is 425 g/mol. The molecule has 118 valence electrons. The third kappa shape index (κ3) is 4.83. The fourth-order valence-electron chi connectivity index (χ4n) is 2.19. The molecule has 0 radical (unpaired) electrons. The van der Waals surface area contributed by atoms with Crippen LogP contribution in [0.25, 0.3) is 0 Å². The number of ether oxygens (including phenoxy) is 1. The number of halogens is 2. The van der Waals surface area contributed by atoms with Gasteiger partial charge in [-0.05, 0) is 75.9 Å². The zero-order valence-electron chi connectivity index (χ0n) is 13.1. The van der Waals surface area contributed by atoms with E-state index in [0.717, 1.165) is 21.2 Å². The smallest absolute Gasteiger partial charge is 0.148 e. The first-order valence-electron chi connectivity index (χ1n) is 7.40. The lowest BCUT2D eigenvalue weighted by Gasteiger charge is -2.17. The Hall–Kier alpha value is -0.840. The van der Waals surface area contributed by atoms with Crippen LogP contribution in [0.15, 0.2) is 51.4 Å². The average Bonchev–Trinajstić information content (AvgIpc) is 2.49. The third-order valence-electron chi connectivity index (χ3n) is 3.32. The van der Waals surface area contributed by atoms with E-state index in [0.29, 0.717) is 6.04 Å². The Balaban J connectivity index is 2.05. The van der Waals surface area contributed by atoms with Crippen LogP contribution in [0.5, 0.6) is 5.75 Å². The largest absolute Gasteiger partial charge is 0.489 e. The highest BCUT2D eigenvalue weighted by molar-refractivity contribution is 9.11. The topological polar surface area (TPSA) is 21.3 Å². The van der Waals surface area contributed by atoms with Crippen molar-refractivity contribution in [3.05, 3.63) is 62.5 Å². The SMILES string of the molecule is CC(C)Oc1c(Br)cc(CN[C@@H](C)c2ccccc2)cc1Br. The first-order chi connectivity index (χ1) is 10.5. The summed E-state index contributed by atoms with van der Waals surface area (Å²) < 4.78 is 7.76. The zero-order chi connectivity index (χ0) is 16.1. The van der Waals surface area contributed by atoms with E-state index in [9.17, 15) is 0 Å². The minimum absolute atomic E-state index is 0.148. The summed E-state index contributed by atoms with van der Waals surface area (Å²) in [5.74, 6) is 0.856. The normalized spacial score (nSPS) is 12.5. The van der Waals surface area contributed by atoms with Gasteiger partial charge in [-0.2, -0.15) is 0 Å². The Morgan fingerprint density at radius 3 is 2.14 bits per heavy atom. The first-order valence-corrected chi connectivity index (χ1v) is 8.99. The number of hydrogen-bond donors (Lipinski definition) is 1. The number of hydrogen-bond acceptors (Lipinski definition) is 2. The van der Waals surface area contributed by atoms with Crippen molar-refractivity contribution in [1.29, 1.82) is 0 Å². The summed E-state index contributed by atoms with van der Waals surface area (Å²) in [6, 6.07) is 15.0. The summed E-state index contributed by atoms with van der Waals surface area (Å²) >= 11 is 7.19. The quantitative estimate of drug-likeness (QED) is 0.625. The van der Waals surface area contributed by atoms with Gasteiger partial charge >= 0.3 is 0 Å². The maximum Gasteiger partial charge on any atom is 0.148 e. The van der Waals surface area contributed by atoms with Crippen LogP contribution < -0.4 is 10.1 Å². The van der Waals surface area contributed by atoms with Crippen LogP contribution in [0.3, 0.4) is 0 Å². The van der Waals surface area contributed by atoms with Gasteiger partial charge in [0.25, 0.3) is 0 Å². The van der Waals surface area contributed by atoms with Crippen LogP contribution in [0.2, 0.25) is 0 Å². The maximum absolute atomic E-state index is 5.81. The van der Waals surface area contributed by atoms with Crippen LogP contribution >= 0.6 is 31.9 Å². The summed E-state index contributed by atoms with van der Waals surface area (Å²) in [4.78, 5) is 0. The Labute approximate surface area is 149 Å². The molecule has 2 aromatic rings. The predicted molar refractivity (Wildman–Crippen MR) is 99.3 cm³/mol. The van der Waals surface area contributed by atoms with Crippen molar-refractivity contribution in [3.8, 4) is 5.75 Å². The third-order valence-corrected chi connectivity index (χ3v) is 4.50. The summed E-state index contributed by atoms with van der Waals surface area (Å²) in [5, 5.41) is 3.55. The van der Waals surface area contributed by atoms with Gasteiger partial charge < -0.3 is 10.1 Å². The van der Waals surface area contributed by atoms with Gasteiger partial charge in [-0.25, -0.2) is 0 Å². The van der Waals surface area contributed by atoms with Crippen molar-refractivity contribution >= 4 is 31.9 Å². The molecule has 2 nitrogen and oxygen atoms in total. The Morgan fingerprint density at radius 1 is 1.00 bits per heavy atom. The summed E-state index contributed by atoms with van der Waals surface area (Å²) in [5.41, 5.74) is 2.50. The van der Waals surface area contributed by atoms with Crippen molar-refractivity contribution in [2.75, 3.05) is 0 Å². The maximum atomic E-state index is 5.81. The molecule has 1 atom stereocenters. The molecule has 0 aliphatic heterocycles. The zero-order valence-corrected chi connectivity index (χ0v) is 16.2. The van der Waals surface area contributed by atoms with Gasteiger partial charge in [0.2, 0.25) is 0 Å². The average molecular weight is 427 g/mol. The molecule has 22 heavy (non-hydrogen) atoms. The second-order valence-electron chi connectivity index (χ2n) is 5.57. The molecule has 0 bridgehead atoms. The highest BCUT2D eigenvalue weighted by Gasteiger charge is 2.11. The van der Waals surface area contributed by atoms with E-state index in [2.05, 4.69) is 80.5 Å². The lowest BCUT2D eigenvalue weighted by molar-refractivity contribution is 0.239. The molecule has 0 fully saturated rings. The Morgan fingerprint density at radius 2 is 1.59 bits per heavy atom. The molecule has 0 aliphatic rings. The van der Waals surface area contributed by atoms with Crippen molar-refractivity contribution < 1.29 is 4.74 Å². The Bertz CT molecular complexity index is 591. The summed E-state index contributed by atoms with van der Waals surface area (Å²) in [7, 11) is 0. The van der Waals surface area contributed by atoms with Gasteiger partial charge in [0.15, 0.2) is 0 Å². The predicted octanol–water partition coefficient (Wildman–Crippen LogP) is 5.85. The fourth-order valence-corrected chi connectivity index (χ4v) is 3.66. The van der Waals surface area contributed by atoms with Gasteiger partial charge in [-0.1, -0.05) is 30.3 Å². The molecule has 0 amide bonds. The van der Waals surface area contributed by atoms with Crippen molar-refractivity contribution in [2.24, 2.45) is 0 Å². The van der Waals surface area contributed by atoms with Gasteiger partial charge in [0.1, 0.15) is 5.75 Å². The lowest BCUT2D eigenvalue weighted by atomic mass is 10.1. The van der Waals surface area contributed by atoms with E-state index in [4.69, 9.17) is 4.74 Å². The number of nitrogens with one attached hydrogen (secondary N) is 1. The molecule has 4 heteroatoms. The minimum Gasteiger partial charge on any atom is -0.489 e. The first kappa shape index (κ1) is 17.5. The van der Waals surface area contributed by atoms with Gasteiger partial charge in [-0.15, -0.1) is 0 Å². The number of rotatable bonds is 6. The van der Waals surface area contributed by atoms with E-state index in [1.54, 1.807) is 0 Å². The Kier molecular flexibility index (Phi) is 6.48. The van der Waals surface area contributed by atoms with Crippen molar-refractivity contribution in [2.45, 2.75) is 39.5 Å². The van der Waals surface area contributed by atoms with Gasteiger partial charge in [0, 0.05) is 12.6 Å². The molecular weight excluding hydrogens is 406 g/mol. The fraction of sp³-hybridized carbons (Fsp3) is 0.333. The van der Waals surface area contributed by atoms with Gasteiger partial charge in [-0.3, -0.25) is 0 Å². The van der Waals surface area contributed by atoms with Crippen LogP contribution in [-0.4, -0.2) is 6.10 Å². The second-order valence-corrected chi connectivity index (χ2v) is 7.28. The highest BCUT2D eigenvalue weighted by atomic mass is 79.9. The van der Waals surface area contributed by atoms with Gasteiger partial charge in [0.05, 0.1) is 15.0 Å². The van der Waals surface area contributed by atoms with E-state index >= 15 is 0 Å². The molecule has 1 N–H and O–H groups in total. The molecule has 2 aromatic carbocycles. The molecule has 0 saturated carbocycles. The molecule has 0 spiro atoms. The van der Waals surface area contributed by atoms with Crippen LogP contribution in [-0.2, 0) is 6.54 Å². The molecule has 0 unspecified atom stereocenters. The standard InChI is InChI=1S/C18H21Br2NO/c1-12(2)22-18-16(19)9-14(10-17(18)20)11-21-13(3)15-7-5-4-6-8-15/h4-10,12-13,21H,11H2,1-3H3/t13-/m0/s1. The molecular formula is C18H21Br2NO. The van der Waals surface area contributed by atoms with E-state index in [1.165, 1.54) is 11.1 Å². The lowest BCUT2D eigenvalue weighted by Crippen LogP contribution is -2.18. The van der Waals surface area contributed by atoms with E-state index in [1.807, 2.05) is 19.9 Å². The summed E-state index contributed by atoms with van der Waals surface area (Å²) in [6.07, 6.45) is 0.148. The van der Waals surface area contributed by atoms with Crippen molar-refractivity contribution in [1.82, 2.24) is 5.32 Å². The molecule has 0 aliphatic carbocycles. The van der Waals surface area contributed by atoms with E-state index < -0.39 is 0 Å². The molecule has 0 heterocycles. The van der Waals surface area contributed by atoms with E-state index in [-0.39, 0.29) is 6.10 Å². The highest BCUT2D eigenvalue weighted by Crippen LogP contribution is 2.35. The van der Waals surface area contributed by atoms with Crippen LogP contribution in [0, 0.1) is 0 Å². The molecule has 0 aromatic heterocycles. The number of benzene rings is 2. The summed E-state index contributed by atoms with van der Waals surface area (Å²) in [6.45, 7) is 7.02.